The molecule has 9 heteroatoms. The number of aromatic nitrogens is 4. The van der Waals surface area contributed by atoms with Gasteiger partial charge in [-0.2, -0.15) is 5.10 Å². The molecule has 3 heterocycles. The Labute approximate surface area is 141 Å². The number of rotatable bonds is 6. The largest absolute Gasteiger partial charge is 0.469 e. The summed E-state index contributed by atoms with van der Waals surface area (Å²) in [5.41, 5.74) is 0.841. The second kappa shape index (κ2) is 6.88. The first-order valence-electron chi connectivity index (χ1n) is 6.98. The normalized spacial score (nSPS) is 10.8. The number of nitrogens with one attached hydrogen (secondary N) is 2. The molecule has 23 heavy (non-hydrogen) atoms. The molecule has 0 aliphatic carbocycles. The van der Waals surface area contributed by atoms with Crippen molar-refractivity contribution in [3.05, 3.63) is 45.8 Å². The number of hydrogen-bond donors (Lipinski definition) is 2. The van der Waals surface area contributed by atoms with E-state index in [9.17, 15) is 4.79 Å². The quantitative estimate of drug-likeness (QED) is 0.668. The maximum absolute atomic E-state index is 11.9. The Bertz CT molecular complexity index is 847. The van der Waals surface area contributed by atoms with E-state index in [0.717, 1.165) is 17.3 Å². The summed E-state index contributed by atoms with van der Waals surface area (Å²) in [5.74, 6) is 1.52. The number of aryl methyl sites for hydroxylation is 1. The highest BCUT2D eigenvalue weighted by atomic mass is 32.1. The Morgan fingerprint density at radius 3 is 3.13 bits per heavy atom. The van der Waals surface area contributed by atoms with Crippen LogP contribution in [0.4, 0.5) is 5.13 Å². The lowest BCUT2D eigenvalue weighted by atomic mass is 10.2. The molecule has 0 unspecified atom stereocenters. The molecule has 3 rings (SSSR count). The van der Waals surface area contributed by atoms with Crippen molar-refractivity contribution in [3.63, 3.8) is 0 Å². The minimum Gasteiger partial charge on any atom is -0.469 e. The zero-order chi connectivity index (χ0) is 16.2. The number of H-pyrrole nitrogens is 1. The molecular weight excluding hydrogens is 334 g/mol. The third-order valence-electron chi connectivity index (χ3n) is 3.29. The predicted molar refractivity (Wildman–Crippen MR) is 89.0 cm³/mol. The molecule has 0 atom stereocenters. The molecule has 1 amide bonds. The summed E-state index contributed by atoms with van der Waals surface area (Å²) in [5, 5.41) is 12.2. The predicted octanol–water partition coefficient (Wildman–Crippen LogP) is 2.69. The standard InChI is InChI=1S/C14H15N5O2S2/c1-19-11(17-18-14(19)22)7-9-8-23-13(15-9)16-12(20)5-4-10-3-2-6-21-10/h2-3,6,8H,4-5,7H2,1H3,(H,18,22)(H,15,16,20). The molecule has 120 valence electrons. The van der Waals surface area contributed by atoms with Crippen molar-refractivity contribution < 1.29 is 9.21 Å². The molecule has 0 bridgehead atoms. The molecule has 2 N–H and O–H groups in total. The SMILES string of the molecule is Cn1c(Cc2csc(NC(=O)CCc3ccco3)n2)n[nH]c1=S. The van der Waals surface area contributed by atoms with Crippen LogP contribution in [-0.2, 0) is 24.7 Å². The molecule has 0 spiro atoms. The molecule has 3 aromatic rings. The van der Waals surface area contributed by atoms with Crippen LogP contribution in [0, 0.1) is 4.77 Å². The maximum Gasteiger partial charge on any atom is 0.226 e. The third-order valence-corrected chi connectivity index (χ3v) is 4.46. The van der Waals surface area contributed by atoms with Crippen molar-refractivity contribution >= 4 is 34.6 Å². The van der Waals surface area contributed by atoms with E-state index in [-0.39, 0.29) is 5.91 Å². The van der Waals surface area contributed by atoms with Gasteiger partial charge < -0.3 is 14.3 Å². The van der Waals surface area contributed by atoms with E-state index < -0.39 is 0 Å². The summed E-state index contributed by atoms with van der Waals surface area (Å²) in [6, 6.07) is 3.66. The number of carbonyl (C=O) groups excluding carboxylic acids is 1. The molecule has 7 nitrogen and oxygen atoms in total. The van der Waals surface area contributed by atoms with Crippen molar-refractivity contribution in [2.75, 3.05) is 5.32 Å². The minimum absolute atomic E-state index is 0.0829. The van der Waals surface area contributed by atoms with Crippen molar-refractivity contribution in [2.24, 2.45) is 7.05 Å². The van der Waals surface area contributed by atoms with Gasteiger partial charge in [0.2, 0.25) is 5.91 Å². The van der Waals surface area contributed by atoms with Crippen LogP contribution < -0.4 is 5.32 Å². The number of aromatic amines is 1. The lowest BCUT2D eigenvalue weighted by Crippen LogP contribution is -2.12. The fourth-order valence-corrected chi connectivity index (χ4v) is 2.90. The van der Waals surface area contributed by atoms with Crippen LogP contribution in [0.3, 0.4) is 0 Å². The zero-order valence-corrected chi connectivity index (χ0v) is 14.0. The van der Waals surface area contributed by atoms with Gasteiger partial charge in [-0.05, 0) is 24.4 Å². The van der Waals surface area contributed by atoms with Crippen LogP contribution in [0.2, 0.25) is 0 Å². The second-order valence-electron chi connectivity index (χ2n) is 4.95. The van der Waals surface area contributed by atoms with E-state index >= 15 is 0 Å². The van der Waals surface area contributed by atoms with E-state index in [1.807, 2.05) is 24.6 Å². The molecule has 0 saturated heterocycles. The number of thiazole rings is 1. The van der Waals surface area contributed by atoms with Crippen LogP contribution in [0.1, 0.15) is 23.7 Å². The van der Waals surface area contributed by atoms with Crippen molar-refractivity contribution in [1.29, 1.82) is 0 Å². The minimum atomic E-state index is -0.0829. The number of amides is 1. The van der Waals surface area contributed by atoms with Crippen LogP contribution in [-0.4, -0.2) is 25.7 Å². The van der Waals surface area contributed by atoms with E-state index in [1.54, 1.807) is 10.8 Å². The fraction of sp³-hybridized carbons (Fsp3) is 0.286. The highest BCUT2D eigenvalue weighted by Gasteiger charge is 2.10. The number of carbonyl (C=O) groups is 1. The van der Waals surface area contributed by atoms with Gasteiger partial charge in [-0.3, -0.25) is 9.89 Å². The summed E-state index contributed by atoms with van der Waals surface area (Å²) in [4.78, 5) is 16.3. The Morgan fingerprint density at radius 1 is 1.57 bits per heavy atom. The molecule has 3 aromatic heterocycles. The van der Waals surface area contributed by atoms with Gasteiger partial charge in [0.05, 0.1) is 18.4 Å². The molecule has 0 aromatic carbocycles. The van der Waals surface area contributed by atoms with Gasteiger partial charge in [-0.15, -0.1) is 11.3 Å². The molecular formula is C14H15N5O2S2. The van der Waals surface area contributed by atoms with Crippen LogP contribution in [0.5, 0.6) is 0 Å². The zero-order valence-electron chi connectivity index (χ0n) is 12.4. The first-order valence-corrected chi connectivity index (χ1v) is 8.27. The maximum atomic E-state index is 11.9. The average Bonchev–Trinajstić information content (AvgIpc) is 3.25. The Kier molecular flexibility index (Phi) is 4.68. The highest BCUT2D eigenvalue weighted by Crippen LogP contribution is 2.18. The number of furan rings is 1. The van der Waals surface area contributed by atoms with Gasteiger partial charge in [-0.1, -0.05) is 0 Å². The number of anilines is 1. The van der Waals surface area contributed by atoms with Gasteiger partial charge in [-0.25, -0.2) is 4.98 Å². The van der Waals surface area contributed by atoms with Crippen molar-refractivity contribution in [3.8, 4) is 0 Å². The number of hydrogen-bond acceptors (Lipinski definition) is 6. The highest BCUT2D eigenvalue weighted by molar-refractivity contribution is 7.71. The van der Waals surface area contributed by atoms with Crippen LogP contribution >= 0.6 is 23.6 Å². The molecule has 0 aliphatic rings. The smallest absolute Gasteiger partial charge is 0.226 e. The topological polar surface area (TPSA) is 88.7 Å². The first kappa shape index (κ1) is 15.6. The first-order chi connectivity index (χ1) is 11.1. The van der Waals surface area contributed by atoms with E-state index in [2.05, 4.69) is 20.5 Å². The summed E-state index contributed by atoms with van der Waals surface area (Å²) in [6.45, 7) is 0. The van der Waals surface area contributed by atoms with Crippen molar-refractivity contribution in [2.45, 2.75) is 19.3 Å². The van der Waals surface area contributed by atoms with Gasteiger partial charge in [0, 0.05) is 25.3 Å². The lowest BCUT2D eigenvalue weighted by Gasteiger charge is -2.00. The number of nitrogens with zero attached hydrogens (tertiary/aromatic N) is 3. The van der Waals surface area contributed by atoms with Crippen molar-refractivity contribution in [1.82, 2.24) is 19.7 Å². The van der Waals surface area contributed by atoms with Crippen LogP contribution in [0.15, 0.2) is 28.2 Å². The summed E-state index contributed by atoms with van der Waals surface area (Å²) in [7, 11) is 1.85. The molecule has 0 saturated carbocycles. The van der Waals surface area contributed by atoms with E-state index in [0.29, 0.717) is 29.2 Å². The lowest BCUT2D eigenvalue weighted by molar-refractivity contribution is -0.116. The molecule has 0 aliphatic heterocycles. The molecule has 0 radical (unpaired) electrons. The van der Waals surface area contributed by atoms with E-state index in [4.69, 9.17) is 16.6 Å². The Hall–Kier alpha value is -2.26. The summed E-state index contributed by atoms with van der Waals surface area (Å²) >= 11 is 6.47. The average molecular weight is 349 g/mol. The Morgan fingerprint density at radius 2 is 2.43 bits per heavy atom. The van der Waals surface area contributed by atoms with Gasteiger partial charge in [0.15, 0.2) is 9.90 Å². The van der Waals surface area contributed by atoms with Crippen LogP contribution in [0.25, 0.3) is 0 Å². The monoisotopic (exact) mass is 349 g/mol. The fourth-order valence-electron chi connectivity index (χ4n) is 2.02. The van der Waals surface area contributed by atoms with Gasteiger partial charge in [0.25, 0.3) is 0 Å². The van der Waals surface area contributed by atoms with Gasteiger partial charge >= 0.3 is 0 Å². The van der Waals surface area contributed by atoms with E-state index in [1.165, 1.54) is 11.3 Å². The molecule has 0 fully saturated rings. The summed E-state index contributed by atoms with van der Waals surface area (Å²) < 4.78 is 7.58. The summed E-state index contributed by atoms with van der Waals surface area (Å²) in [6.07, 6.45) is 3.09. The van der Waals surface area contributed by atoms with Gasteiger partial charge in [0.1, 0.15) is 11.6 Å². The third kappa shape index (κ3) is 3.93. The second-order valence-corrected chi connectivity index (χ2v) is 6.20. The Balaban J connectivity index is 1.55.